The lowest BCUT2D eigenvalue weighted by atomic mass is 10.1. The Kier molecular flexibility index (Phi) is 3.40. The number of pyridine rings is 1. The van der Waals surface area contributed by atoms with Crippen molar-refractivity contribution in [1.82, 2.24) is 15.2 Å². The first-order valence-corrected chi connectivity index (χ1v) is 6.88. The molecule has 2 N–H and O–H groups in total. The van der Waals surface area contributed by atoms with Crippen LogP contribution in [0.4, 0.5) is 0 Å². The Balaban J connectivity index is 1.66. The lowest BCUT2D eigenvalue weighted by molar-refractivity contribution is 0.0689. The van der Waals surface area contributed by atoms with E-state index in [0.717, 1.165) is 19.5 Å². The first-order valence-electron chi connectivity index (χ1n) is 6.88. The minimum absolute atomic E-state index is 0.00938. The van der Waals surface area contributed by atoms with Gasteiger partial charge in [-0.15, -0.1) is 0 Å². The van der Waals surface area contributed by atoms with Crippen LogP contribution in [-0.2, 0) is 0 Å². The normalized spacial score (nSPS) is 22.7. The Morgan fingerprint density at radius 2 is 2.15 bits per heavy atom. The van der Waals surface area contributed by atoms with E-state index in [1.165, 1.54) is 31.2 Å². The van der Waals surface area contributed by atoms with E-state index >= 15 is 0 Å². The van der Waals surface area contributed by atoms with Crippen LogP contribution in [0.5, 0.6) is 0 Å². The van der Waals surface area contributed by atoms with E-state index in [9.17, 15) is 9.59 Å². The summed E-state index contributed by atoms with van der Waals surface area (Å²) in [6.45, 7) is 1.86. The molecule has 2 heterocycles. The third-order valence-electron chi connectivity index (χ3n) is 3.87. The highest BCUT2D eigenvalue weighted by molar-refractivity contribution is 6.03. The summed E-state index contributed by atoms with van der Waals surface area (Å²) in [6, 6.07) is 3.70. The number of hydrogen-bond acceptors (Lipinski definition) is 4. The van der Waals surface area contributed by atoms with Crippen molar-refractivity contribution >= 4 is 11.9 Å². The molecule has 20 heavy (non-hydrogen) atoms. The van der Waals surface area contributed by atoms with Gasteiger partial charge in [-0.25, -0.2) is 4.79 Å². The summed E-state index contributed by atoms with van der Waals surface area (Å²) in [4.78, 5) is 29.5. The third kappa shape index (κ3) is 2.65. The predicted octanol–water partition coefficient (Wildman–Crippen LogP) is 0.746. The molecule has 2 aliphatic rings. The maximum atomic E-state index is 12.2. The molecule has 1 saturated heterocycles. The fraction of sp³-hybridized carbons (Fsp3) is 0.500. The van der Waals surface area contributed by atoms with Gasteiger partial charge in [0.1, 0.15) is 5.69 Å². The second kappa shape index (κ2) is 5.20. The highest BCUT2D eigenvalue weighted by Crippen LogP contribution is 2.29. The van der Waals surface area contributed by atoms with Crippen LogP contribution in [0.2, 0.25) is 0 Å². The summed E-state index contributed by atoms with van der Waals surface area (Å²) in [5.41, 5.74) is -0.0630. The summed E-state index contributed by atoms with van der Waals surface area (Å²) >= 11 is 0. The van der Waals surface area contributed by atoms with Gasteiger partial charge in [0, 0.05) is 31.4 Å². The van der Waals surface area contributed by atoms with E-state index in [4.69, 9.17) is 5.11 Å². The summed E-state index contributed by atoms with van der Waals surface area (Å²) in [7, 11) is 0. The topological polar surface area (TPSA) is 82.5 Å². The van der Waals surface area contributed by atoms with Crippen LogP contribution in [-0.4, -0.2) is 52.0 Å². The largest absolute Gasteiger partial charge is 0.478 e. The molecule has 1 unspecified atom stereocenters. The number of carbonyl (C=O) groups excluding carboxylic acids is 1. The van der Waals surface area contributed by atoms with Gasteiger partial charge in [-0.2, -0.15) is 0 Å². The molecule has 106 valence electrons. The van der Waals surface area contributed by atoms with Crippen LogP contribution >= 0.6 is 0 Å². The SMILES string of the molecule is O=C(O)c1cccnc1C(=O)NC1CCN(C2CC2)C1. The predicted molar refractivity (Wildman–Crippen MR) is 71.7 cm³/mol. The highest BCUT2D eigenvalue weighted by Gasteiger charge is 2.35. The van der Waals surface area contributed by atoms with Crippen LogP contribution in [0.15, 0.2) is 18.3 Å². The molecule has 0 bridgehead atoms. The molecule has 0 radical (unpaired) electrons. The van der Waals surface area contributed by atoms with Gasteiger partial charge in [-0.05, 0) is 31.4 Å². The molecular formula is C14H17N3O3. The minimum atomic E-state index is -1.13. The maximum Gasteiger partial charge on any atom is 0.338 e. The fourth-order valence-electron chi connectivity index (χ4n) is 2.69. The molecule has 1 aliphatic heterocycles. The molecule has 1 aromatic rings. The van der Waals surface area contributed by atoms with Crippen molar-refractivity contribution < 1.29 is 14.7 Å². The molecule has 1 amide bonds. The number of aromatic nitrogens is 1. The van der Waals surface area contributed by atoms with E-state index in [-0.39, 0.29) is 17.3 Å². The van der Waals surface area contributed by atoms with Crippen molar-refractivity contribution in [2.75, 3.05) is 13.1 Å². The molecular weight excluding hydrogens is 258 g/mol. The van der Waals surface area contributed by atoms with Crippen LogP contribution in [0.1, 0.15) is 40.1 Å². The van der Waals surface area contributed by atoms with Crippen molar-refractivity contribution in [2.24, 2.45) is 0 Å². The second-order valence-electron chi connectivity index (χ2n) is 5.39. The molecule has 2 fully saturated rings. The average Bonchev–Trinajstić information content (AvgIpc) is 3.19. The van der Waals surface area contributed by atoms with Gasteiger partial charge in [-0.1, -0.05) is 0 Å². The van der Waals surface area contributed by atoms with Gasteiger partial charge in [0.15, 0.2) is 0 Å². The standard InChI is InChI=1S/C14H17N3O3/c18-13(12-11(14(19)20)2-1-6-15-12)16-9-5-7-17(8-9)10-3-4-10/h1-2,6,9-10H,3-5,7-8H2,(H,16,18)(H,19,20). The quantitative estimate of drug-likeness (QED) is 0.847. The molecule has 6 nitrogen and oxygen atoms in total. The van der Waals surface area contributed by atoms with Crippen molar-refractivity contribution in [1.29, 1.82) is 0 Å². The summed E-state index contributed by atoms with van der Waals surface area (Å²) in [6.07, 6.45) is 4.86. The number of nitrogens with zero attached hydrogens (tertiary/aromatic N) is 2. The van der Waals surface area contributed by atoms with Crippen LogP contribution in [0.3, 0.4) is 0 Å². The third-order valence-corrected chi connectivity index (χ3v) is 3.87. The fourth-order valence-corrected chi connectivity index (χ4v) is 2.69. The number of hydrogen-bond donors (Lipinski definition) is 2. The number of aromatic carboxylic acids is 1. The summed E-state index contributed by atoms with van der Waals surface area (Å²) in [5.74, 6) is -1.53. The van der Waals surface area contributed by atoms with Gasteiger partial charge in [0.05, 0.1) is 5.56 Å². The zero-order valence-corrected chi connectivity index (χ0v) is 11.1. The Labute approximate surface area is 116 Å². The maximum absolute atomic E-state index is 12.2. The number of rotatable bonds is 4. The van der Waals surface area contributed by atoms with E-state index in [2.05, 4.69) is 15.2 Å². The summed E-state index contributed by atoms with van der Waals surface area (Å²) < 4.78 is 0. The van der Waals surface area contributed by atoms with Crippen LogP contribution < -0.4 is 5.32 Å². The first-order chi connectivity index (χ1) is 9.65. The van der Waals surface area contributed by atoms with E-state index < -0.39 is 11.9 Å². The zero-order chi connectivity index (χ0) is 14.1. The molecule has 0 spiro atoms. The molecule has 6 heteroatoms. The van der Waals surface area contributed by atoms with Crippen LogP contribution in [0.25, 0.3) is 0 Å². The molecule has 1 aromatic heterocycles. The van der Waals surface area contributed by atoms with Crippen molar-refractivity contribution in [3.05, 3.63) is 29.6 Å². The number of carboxylic acids is 1. The lowest BCUT2D eigenvalue weighted by Gasteiger charge is -2.16. The van der Waals surface area contributed by atoms with Gasteiger partial charge in [0.25, 0.3) is 5.91 Å². The molecule has 1 atom stereocenters. The number of carbonyl (C=O) groups is 2. The van der Waals surface area contributed by atoms with Crippen LogP contribution in [0, 0.1) is 0 Å². The average molecular weight is 275 g/mol. The Morgan fingerprint density at radius 1 is 1.35 bits per heavy atom. The summed E-state index contributed by atoms with van der Waals surface area (Å²) in [5, 5.41) is 12.0. The highest BCUT2D eigenvalue weighted by atomic mass is 16.4. The van der Waals surface area contributed by atoms with Crippen molar-refractivity contribution in [3.8, 4) is 0 Å². The number of likely N-dealkylation sites (tertiary alicyclic amines) is 1. The number of nitrogens with one attached hydrogen (secondary N) is 1. The number of amides is 1. The molecule has 0 aromatic carbocycles. The molecule has 3 rings (SSSR count). The van der Waals surface area contributed by atoms with E-state index in [1.54, 1.807) is 0 Å². The zero-order valence-electron chi connectivity index (χ0n) is 11.1. The van der Waals surface area contributed by atoms with Gasteiger partial charge < -0.3 is 10.4 Å². The minimum Gasteiger partial charge on any atom is -0.478 e. The molecule has 1 aliphatic carbocycles. The van der Waals surface area contributed by atoms with Gasteiger partial charge in [0.2, 0.25) is 0 Å². The first kappa shape index (κ1) is 13.1. The van der Waals surface area contributed by atoms with Crippen molar-refractivity contribution in [2.45, 2.75) is 31.3 Å². The van der Waals surface area contributed by atoms with Gasteiger partial charge in [-0.3, -0.25) is 14.7 Å². The van der Waals surface area contributed by atoms with E-state index in [0.29, 0.717) is 6.04 Å². The smallest absolute Gasteiger partial charge is 0.338 e. The Hall–Kier alpha value is -1.95. The number of carboxylic acid groups (broad SMARTS) is 1. The lowest BCUT2D eigenvalue weighted by Crippen LogP contribution is -2.38. The van der Waals surface area contributed by atoms with Crippen molar-refractivity contribution in [3.63, 3.8) is 0 Å². The Morgan fingerprint density at radius 3 is 2.85 bits per heavy atom. The monoisotopic (exact) mass is 275 g/mol. The van der Waals surface area contributed by atoms with Gasteiger partial charge >= 0.3 is 5.97 Å². The molecule has 1 saturated carbocycles. The second-order valence-corrected chi connectivity index (χ2v) is 5.39. The Bertz CT molecular complexity index is 542. The van der Waals surface area contributed by atoms with E-state index in [1.807, 2.05) is 0 Å².